The summed E-state index contributed by atoms with van der Waals surface area (Å²) in [7, 11) is 0. The normalized spacial score (nSPS) is 11.6. The third kappa shape index (κ3) is 3.22. The van der Waals surface area contributed by atoms with Crippen LogP contribution in [0.3, 0.4) is 0 Å². The number of thiazole rings is 1. The minimum atomic E-state index is -4.35. The van der Waals surface area contributed by atoms with Crippen molar-refractivity contribution in [2.45, 2.75) is 39.8 Å². The van der Waals surface area contributed by atoms with Crippen molar-refractivity contribution < 1.29 is 13.2 Å². The van der Waals surface area contributed by atoms with E-state index in [0.29, 0.717) is 27.5 Å². The quantitative estimate of drug-likeness (QED) is 0.673. The standard InChI is InChI=1S/C11H10F3NS.C2H6/c1-6(2)7-3-4-9-8(5-7)15-10(16-9)11(12,13)14;1-2/h3-6H,1-2H3;1-2H3. The molecule has 0 aliphatic carbocycles. The highest BCUT2D eigenvalue weighted by Crippen LogP contribution is 2.36. The van der Waals surface area contributed by atoms with E-state index in [1.165, 1.54) is 0 Å². The molecule has 0 amide bonds. The zero-order chi connectivity index (χ0) is 13.9. The molecule has 18 heavy (non-hydrogen) atoms. The van der Waals surface area contributed by atoms with E-state index in [-0.39, 0.29) is 0 Å². The van der Waals surface area contributed by atoms with Gasteiger partial charge in [0.25, 0.3) is 0 Å². The molecule has 1 aromatic carbocycles. The Kier molecular flexibility index (Phi) is 4.73. The van der Waals surface area contributed by atoms with Crippen molar-refractivity contribution in [3.63, 3.8) is 0 Å². The van der Waals surface area contributed by atoms with E-state index in [0.717, 1.165) is 5.56 Å². The summed E-state index contributed by atoms with van der Waals surface area (Å²) in [6.07, 6.45) is -4.35. The fraction of sp³-hybridized carbons (Fsp3) is 0.462. The lowest BCUT2D eigenvalue weighted by Gasteiger charge is -2.03. The van der Waals surface area contributed by atoms with Crippen LogP contribution in [-0.4, -0.2) is 4.98 Å². The lowest BCUT2D eigenvalue weighted by Crippen LogP contribution is -2.03. The third-order valence-electron chi connectivity index (χ3n) is 2.32. The summed E-state index contributed by atoms with van der Waals surface area (Å²) in [5, 5.41) is -0.775. The number of alkyl halides is 3. The van der Waals surface area contributed by atoms with E-state index < -0.39 is 11.2 Å². The van der Waals surface area contributed by atoms with Gasteiger partial charge >= 0.3 is 6.18 Å². The van der Waals surface area contributed by atoms with Crippen LogP contribution in [0.25, 0.3) is 10.2 Å². The molecule has 0 radical (unpaired) electrons. The Bertz CT molecular complexity index is 514. The summed E-state index contributed by atoms with van der Waals surface area (Å²) in [4.78, 5) is 3.62. The first-order valence-electron chi connectivity index (χ1n) is 5.85. The Morgan fingerprint density at radius 1 is 1.17 bits per heavy atom. The molecule has 0 unspecified atom stereocenters. The van der Waals surface area contributed by atoms with Gasteiger partial charge in [0.05, 0.1) is 10.2 Å². The molecule has 100 valence electrons. The Balaban J connectivity index is 0.000000771. The first-order valence-corrected chi connectivity index (χ1v) is 6.67. The summed E-state index contributed by atoms with van der Waals surface area (Å²) in [6, 6.07) is 5.29. The fourth-order valence-electron chi connectivity index (χ4n) is 1.42. The number of fused-ring (bicyclic) bond motifs is 1. The molecule has 0 N–H and O–H groups in total. The van der Waals surface area contributed by atoms with Gasteiger partial charge in [-0.05, 0) is 23.6 Å². The number of hydrogen-bond donors (Lipinski definition) is 0. The highest BCUT2D eigenvalue weighted by molar-refractivity contribution is 7.18. The van der Waals surface area contributed by atoms with Gasteiger partial charge in [-0.15, -0.1) is 11.3 Å². The molecule has 0 spiro atoms. The molecule has 0 saturated carbocycles. The van der Waals surface area contributed by atoms with Crippen molar-refractivity contribution in [3.05, 3.63) is 28.8 Å². The van der Waals surface area contributed by atoms with Gasteiger partial charge in [0.2, 0.25) is 0 Å². The van der Waals surface area contributed by atoms with Crippen LogP contribution in [-0.2, 0) is 6.18 Å². The topological polar surface area (TPSA) is 12.9 Å². The highest BCUT2D eigenvalue weighted by Gasteiger charge is 2.34. The van der Waals surface area contributed by atoms with Gasteiger partial charge in [-0.2, -0.15) is 13.2 Å². The maximum atomic E-state index is 12.4. The zero-order valence-electron chi connectivity index (χ0n) is 10.8. The first kappa shape index (κ1) is 15.0. The van der Waals surface area contributed by atoms with E-state index >= 15 is 0 Å². The van der Waals surface area contributed by atoms with Crippen molar-refractivity contribution in [1.29, 1.82) is 0 Å². The van der Waals surface area contributed by atoms with E-state index in [1.54, 1.807) is 12.1 Å². The van der Waals surface area contributed by atoms with E-state index in [4.69, 9.17) is 0 Å². The summed E-state index contributed by atoms with van der Waals surface area (Å²) in [6.45, 7) is 8.00. The summed E-state index contributed by atoms with van der Waals surface area (Å²) in [5.41, 5.74) is 1.44. The predicted octanol–water partition coefficient (Wildman–Crippen LogP) is 5.46. The number of aromatic nitrogens is 1. The third-order valence-corrected chi connectivity index (χ3v) is 3.40. The molecule has 0 atom stereocenters. The molecule has 2 aromatic rings. The van der Waals surface area contributed by atoms with Crippen LogP contribution < -0.4 is 0 Å². The summed E-state index contributed by atoms with van der Waals surface area (Å²) >= 11 is 0.689. The summed E-state index contributed by atoms with van der Waals surface area (Å²) in [5.74, 6) is 0.292. The maximum Gasteiger partial charge on any atom is 0.443 e. The number of nitrogens with zero attached hydrogens (tertiary/aromatic N) is 1. The summed E-state index contributed by atoms with van der Waals surface area (Å²) < 4.78 is 37.9. The second kappa shape index (κ2) is 5.69. The van der Waals surface area contributed by atoms with Crippen molar-refractivity contribution in [2.75, 3.05) is 0 Å². The average Bonchev–Trinajstić information content (AvgIpc) is 2.73. The minimum Gasteiger partial charge on any atom is -0.232 e. The van der Waals surface area contributed by atoms with Gasteiger partial charge < -0.3 is 0 Å². The van der Waals surface area contributed by atoms with Crippen LogP contribution >= 0.6 is 11.3 Å². The molecular weight excluding hydrogens is 259 g/mol. The molecule has 5 heteroatoms. The lowest BCUT2D eigenvalue weighted by atomic mass is 10.0. The molecule has 1 nitrogen and oxygen atoms in total. The molecule has 1 heterocycles. The van der Waals surface area contributed by atoms with Gasteiger partial charge in [-0.1, -0.05) is 33.8 Å². The molecule has 0 saturated heterocycles. The van der Waals surface area contributed by atoms with Crippen molar-refractivity contribution in [3.8, 4) is 0 Å². The predicted molar refractivity (Wildman–Crippen MR) is 70.1 cm³/mol. The molecule has 2 rings (SSSR count). The van der Waals surface area contributed by atoms with Crippen molar-refractivity contribution in [2.24, 2.45) is 0 Å². The smallest absolute Gasteiger partial charge is 0.232 e. The van der Waals surface area contributed by atoms with E-state index in [1.807, 2.05) is 33.8 Å². The Morgan fingerprint density at radius 3 is 2.28 bits per heavy atom. The van der Waals surface area contributed by atoms with Gasteiger partial charge in [0.15, 0.2) is 5.01 Å². The number of hydrogen-bond acceptors (Lipinski definition) is 2. The number of halogens is 3. The molecular formula is C13H16F3NS. The minimum absolute atomic E-state index is 0.292. The van der Waals surface area contributed by atoms with Crippen LogP contribution in [0.4, 0.5) is 13.2 Å². The van der Waals surface area contributed by atoms with Crippen LogP contribution in [0.2, 0.25) is 0 Å². The largest absolute Gasteiger partial charge is 0.443 e. The SMILES string of the molecule is CC.CC(C)c1ccc2sc(C(F)(F)F)nc2c1. The number of benzene rings is 1. The first-order chi connectivity index (χ1) is 8.38. The Labute approximate surface area is 109 Å². The molecule has 1 aromatic heterocycles. The molecule has 0 aliphatic heterocycles. The van der Waals surface area contributed by atoms with Crippen LogP contribution in [0, 0.1) is 0 Å². The second-order valence-electron chi connectivity index (χ2n) is 3.90. The van der Waals surface area contributed by atoms with Crippen molar-refractivity contribution in [1.82, 2.24) is 4.98 Å². The van der Waals surface area contributed by atoms with E-state index in [2.05, 4.69) is 4.98 Å². The zero-order valence-corrected chi connectivity index (χ0v) is 11.6. The fourth-order valence-corrected chi connectivity index (χ4v) is 2.24. The van der Waals surface area contributed by atoms with Gasteiger partial charge in [-0.25, -0.2) is 4.98 Å². The van der Waals surface area contributed by atoms with Gasteiger partial charge in [-0.3, -0.25) is 0 Å². The van der Waals surface area contributed by atoms with Crippen LogP contribution in [0.1, 0.15) is 44.2 Å². The molecule has 0 fully saturated rings. The maximum absolute atomic E-state index is 12.4. The van der Waals surface area contributed by atoms with Crippen LogP contribution in [0.15, 0.2) is 18.2 Å². The highest BCUT2D eigenvalue weighted by atomic mass is 32.1. The van der Waals surface area contributed by atoms with Gasteiger partial charge in [0.1, 0.15) is 0 Å². The van der Waals surface area contributed by atoms with Crippen molar-refractivity contribution >= 4 is 21.6 Å². The Hall–Kier alpha value is -1.10. The second-order valence-corrected chi connectivity index (χ2v) is 4.93. The Morgan fingerprint density at radius 2 is 1.78 bits per heavy atom. The van der Waals surface area contributed by atoms with Gasteiger partial charge in [0, 0.05) is 0 Å². The molecule has 0 aliphatic rings. The number of rotatable bonds is 1. The monoisotopic (exact) mass is 275 g/mol. The lowest BCUT2D eigenvalue weighted by molar-refractivity contribution is -0.137. The van der Waals surface area contributed by atoms with E-state index in [9.17, 15) is 13.2 Å². The van der Waals surface area contributed by atoms with Crippen LogP contribution in [0.5, 0.6) is 0 Å². The molecule has 0 bridgehead atoms. The average molecular weight is 275 g/mol.